The highest BCUT2D eigenvalue weighted by molar-refractivity contribution is 9.10. The number of rotatable bonds is 4. The average Bonchev–Trinajstić information content (AvgIpc) is 2.56. The van der Waals surface area contributed by atoms with Gasteiger partial charge in [-0.25, -0.2) is 13.4 Å². The number of sulfonamides is 1. The lowest BCUT2D eigenvalue weighted by molar-refractivity contribution is 0.129. The van der Waals surface area contributed by atoms with Crippen molar-refractivity contribution in [1.29, 1.82) is 0 Å². The van der Waals surface area contributed by atoms with Crippen LogP contribution in [0.4, 0.5) is 0 Å². The summed E-state index contributed by atoms with van der Waals surface area (Å²) in [6, 6.07) is 8.43. The molecule has 0 N–H and O–H groups in total. The van der Waals surface area contributed by atoms with Gasteiger partial charge in [0.1, 0.15) is 11.9 Å². The van der Waals surface area contributed by atoms with Gasteiger partial charge in [0.15, 0.2) is 0 Å². The van der Waals surface area contributed by atoms with Gasteiger partial charge in [-0.15, -0.1) is 0 Å². The Morgan fingerprint density at radius 1 is 1.17 bits per heavy atom. The molecule has 1 aliphatic rings. The normalized spacial score (nSPS) is 16.9. The first-order chi connectivity index (χ1) is 11.4. The number of piperidine rings is 1. The lowest BCUT2D eigenvalue weighted by Crippen LogP contribution is -2.41. The molecule has 1 saturated heterocycles. The largest absolute Gasteiger partial charge is 0.474 e. The third-order valence-corrected chi connectivity index (χ3v) is 6.33. The van der Waals surface area contributed by atoms with Crippen molar-refractivity contribution in [3.05, 3.63) is 46.8 Å². The summed E-state index contributed by atoms with van der Waals surface area (Å²) in [4.78, 5) is 8.57. The SMILES string of the molecule is Cc1nccc(OC2CCN(S(=O)(=O)c3ccc(Br)cc3)CC2)n1. The molecule has 24 heavy (non-hydrogen) atoms. The van der Waals surface area contributed by atoms with Gasteiger partial charge in [-0.3, -0.25) is 0 Å². The van der Waals surface area contributed by atoms with Crippen LogP contribution in [0.25, 0.3) is 0 Å². The minimum absolute atomic E-state index is 0.0318. The number of aromatic nitrogens is 2. The predicted molar refractivity (Wildman–Crippen MR) is 93.3 cm³/mol. The molecule has 0 unspecified atom stereocenters. The van der Waals surface area contributed by atoms with Gasteiger partial charge in [0.25, 0.3) is 0 Å². The number of hydrogen-bond donors (Lipinski definition) is 0. The summed E-state index contributed by atoms with van der Waals surface area (Å²) in [6.07, 6.45) is 2.90. The van der Waals surface area contributed by atoms with E-state index in [9.17, 15) is 8.42 Å². The number of nitrogens with zero attached hydrogens (tertiary/aromatic N) is 3. The van der Waals surface area contributed by atoms with Crippen LogP contribution in [-0.4, -0.2) is 41.9 Å². The van der Waals surface area contributed by atoms with E-state index in [2.05, 4.69) is 25.9 Å². The lowest BCUT2D eigenvalue weighted by atomic mass is 10.1. The zero-order chi connectivity index (χ0) is 17.2. The van der Waals surface area contributed by atoms with Crippen LogP contribution >= 0.6 is 15.9 Å². The number of aryl methyl sites for hydroxylation is 1. The van der Waals surface area contributed by atoms with Crippen molar-refractivity contribution in [3.8, 4) is 5.88 Å². The second-order valence-electron chi connectivity index (χ2n) is 5.62. The fourth-order valence-corrected chi connectivity index (χ4v) is 4.35. The minimum Gasteiger partial charge on any atom is -0.474 e. The highest BCUT2D eigenvalue weighted by atomic mass is 79.9. The topological polar surface area (TPSA) is 72.4 Å². The maximum Gasteiger partial charge on any atom is 0.243 e. The number of hydrogen-bond acceptors (Lipinski definition) is 5. The molecule has 0 amide bonds. The summed E-state index contributed by atoms with van der Waals surface area (Å²) in [5, 5.41) is 0. The molecule has 2 aromatic rings. The molecule has 0 atom stereocenters. The van der Waals surface area contributed by atoms with Crippen molar-refractivity contribution in [2.45, 2.75) is 30.8 Å². The molecule has 2 heterocycles. The average molecular weight is 412 g/mol. The quantitative estimate of drug-likeness (QED) is 0.772. The van der Waals surface area contributed by atoms with E-state index in [1.807, 2.05) is 0 Å². The Bertz CT molecular complexity index is 804. The minimum atomic E-state index is -3.45. The third-order valence-electron chi connectivity index (χ3n) is 3.89. The lowest BCUT2D eigenvalue weighted by Gasteiger charge is -2.31. The van der Waals surface area contributed by atoms with Gasteiger partial charge >= 0.3 is 0 Å². The van der Waals surface area contributed by atoms with Crippen LogP contribution in [0, 0.1) is 6.92 Å². The molecule has 8 heteroatoms. The molecule has 0 spiro atoms. The Morgan fingerprint density at radius 3 is 2.46 bits per heavy atom. The summed E-state index contributed by atoms with van der Waals surface area (Å²) in [5.41, 5.74) is 0. The van der Waals surface area contributed by atoms with Crippen molar-refractivity contribution >= 4 is 26.0 Å². The summed E-state index contributed by atoms with van der Waals surface area (Å²) in [6.45, 7) is 2.68. The van der Waals surface area contributed by atoms with Gasteiger partial charge in [-0.05, 0) is 44.0 Å². The van der Waals surface area contributed by atoms with Crippen LogP contribution in [0.15, 0.2) is 45.9 Å². The molecule has 1 aliphatic heterocycles. The highest BCUT2D eigenvalue weighted by Crippen LogP contribution is 2.24. The van der Waals surface area contributed by atoms with Gasteiger partial charge in [0, 0.05) is 29.8 Å². The molecule has 1 aromatic carbocycles. The molecule has 6 nitrogen and oxygen atoms in total. The van der Waals surface area contributed by atoms with E-state index in [1.54, 1.807) is 43.5 Å². The first-order valence-electron chi connectivity index (χ1n) is 7.67. The van der Waals surface area contributed by atoms with Gasteiger partial charge in [-0.2, -0.15) is 9.29 Å². The predicted octanol–water partition coefficient (Wildman–Crippen LogP) is 2.78. The maximum absolute atomic E-state index is 12.7. The van der Waals surface area contributed by atoms with Crippen LogP contribution < -0.4 is 4.74 Å². The van der Waals surface area contributed by atoms with Gasteiger partial charge in [0.05, 0.1) is 4.90 Å². The van der Waals surface area contributed by atoms with Crippen molar-refractivity contribution in [2.24, 2.45) is 0 Å². The van der Waals surface area contributed by atoms with E-state index >= 15 is 0 Å². The Kier molecular flexibility index (Phi) is 5.17. The Hall–Kier alpha value is -1.51. The smallest absolute Gasteiger partial charge is 0.243 e. The van der Waals surface area contributed by atoms with E-state index < -0.39 is 10.0 Å². The van der Waals surface area contributed by atoms with Crippen molar-refractivity contribution < 1.29 is 13.2 Å². The van der Waals surface area contributed by atoms with E-state index in [4.69, 9.17) is 4.74 Å². The fourth-order valence-electron chi connectivity index (χ4n) is 2.62. The molecule has 1 fully saturated rings. The molecule has 1 aromatic heterocycles. The maximum atomic E-state index is 12.7. The fraction of sp³-hybridized carbons (Fsp3) is 0.375. The summed E-state index contributed by atoms with van der Waals surface area (Å²) in [7, 11) is -3.45. The zero-order valence-electron chi connectivity index (χ0n) is 13.2. The molecule has 0 saturated carbocycles. The van der Waals surface area contributed by atoms with Crippen LogP contribution in [0.3, 0.4) is 0 Å². The Balaban J connectivity index is 1.63. The van der Waals surface area contributed by atoms with E-state index in [0.29, 0.717) is 42.5 Å². The summed E-state index contributed by atoms with van der Waals surface area (Å²) < 4.78 is 33.5. The first kappa shape index (κ1) is 17.3. The molecule has 128 valence electrons. The first-order valence-corrected chi connectivity index (χ1v) is 9.90. The van der Waals surface area contributed by atoms with Gasteiger partial charge < -0.3 is 4.74 Å². The zero-order valence-corrected chi connectivity index (χ0v) is 15.6. The molecule has 0 aliphatic carbocycles. The molecular formula is C16H18BrN3O3S. The van der Waals surface area contributed by atoms with Gasteiger partial charge in [0.2, 0.25) is 15.9 Å². The summed E-state index contributed by atoms with van der Waals surface area (Å²) >= 11 is 3.32. The molecular weight excluding hydrogens is 394 g/mol. The van der Waals surface area contributed by atoms with Gasteiger partial charge in [-0.1, -0.05) is 15.9 Å². The van der Waals surface area contributed by atoms with Crippen LogP contribution in [0.2, 0.25) is 0 Å². The standard InChI is InChI=1S/C16H18BrN3O3S/c1-12-18-9-6-16(19-12)23-14-7-10-20(11-8-14)24(21,22)15-4-2-13(17)3-5-15/h2-6,9,14H,7-8,10-11H2,1H3. The number of ether oxygens (including phenoxy) is 1. The Morgan fingerprint density at radius 2 is 1.83 bits per heavy atom. The van der Waals surface area contributed by atoms with E-state index in [-0.39, 0.29) is 6.10 Å². The number of benzene rings is 1. The monoisotopic (exact) mass is 411 g/mol. The second kappa shape index (κ2) is 7.16. The van der Waals surface area contributed by atoms with Crippen LogP contribution in [-0.2, 0) is 10.0 Å². The van der Waals surface area contributed by atoms with E-state index in [1.165, 1.54) is 4.31 Å². The molecule has 0 radical (unpaired) electrons. The van der Waals surface area contributed by atoms with Crippen LogP contribution in [0.5, 0.6) is 5.88 Å². The van der Waals surface area contributed by atoms with Crippen molar-refractivity contribution in [2.75, 3.05) is 13.1 Å². The highest BCUT2D eigenvalue weighted by Gasteiger charge is 2.30. The summed E-state index contributed by atoms with van der Waals surface area (Å²) in [5.74, 6) is 1.19. The molecule has 0 bridgehead atoms. The van der Waals surface area contributed by atoms with Crippen molar-refractivity contribution in [3.63, 3.8) is 0 Å². The van der Waals surface area contributed by atoms with E-state index in [0.717, 1.165) is 4.47 Å². The number of halogens is 1. The third kappa shape index (κ3) is 3.93. The molecule has 3 rings (SSSR count). The van der Waals surface area contributed by atoms with Crippen LogP contribution in [0.1, 0.15) is 18.7 Å². The Labute approximate surface area is 150 Å². The second-order valence-corrected chi connectivity index (χ2v) is 8.47. The van der Waals surface area contributed by atoms with Crippen molar-refractivity contribution in [1.82, 2.24) is 14.3 Å².